The molecule has 0 saturated heterocycles. The van der Waals surface area contributed by atoms with Crippen LogP contribution in [-0.4, -0.2) is 13.2 Å². The Morgan fingerprint density at radius 2 is 1.70 bits per heavy atom. The molecule has 0 unspecified atom stereocenters. The van der Waals surface area contributed by atoms with E-state index in [0.29, 0.717) is 16.9 Å². The van der Waals surface area contributed by atoms with Crippen molar-refractivity contribution in [2.24, 2.45) is 10.8 Å². The number of anilines is 1. The van der Waals surface area contributed by atoms with Gasteiger partial charge in [0, 0.05) is 6.04 Å². The predicted molar refractivity (Wildman–Crippen MR) is 86.6 cm³/mol. The Hall–Kier alpha value is -1.18. The molecule has 1 saturated carbocycles. The van der Waals surface area contributed by atoms with Crippen molar-refractivity contribution in [3.63, 3.8) is 0 Å². The second kappa shape index (κ2) is 5.31. The Morgan fingerprint density at radius 1 is 1.10 bits per heavy atom. The van der Waals surface area contributed by atoms with Gasteiger partial charge in [-0.1, -0.05) is 33.8 Å². The van der Waals surface area contributed by atoms with Gasteiger partial charge in [0.2, 0.25) is 0 Å². The van der Waals surface area contributed by atoms with Gasteiger partial charge in [-0.15, -0.1) is 0 Å². The van der Waals surface area contributed by atoms with E-state index < -0.39 is 0 Å². The number of hydrogen-bond acceptors (Lipinski definition) is 2. The minimum atomic E-state index is 0.400. The van der Waals surface area contributed by atoms with Gasteiger partial charge in [0.25, 0.3) is 0 Å². The lowest BCUT2D eigenvalue weighted by atomic mass is 9.63. The molecule has 0 aromatic heterocycles. The fourth-order valence-corrected chi connectivity index (χ4v) is 4.09. The zero-order chi connectivity index (χ0) is 15.0. The highest BCUT2D eigenvalue weighted by Crippen LogP contribution is 2.46. The summed E-state index contributed by atoms with van der Waals surface area (Å²) in [6.45, 7) is 11.6. The summed E-state index contributed by atoms with van der Waals surface area (Å²) in [5.41, 5.74) is 3.16. The highest BCUT2D eigenvalue weighted by atomic mass is 16.5. The zero-order valence-electron chi connectivity index (χ0n) is 13.8. The van der Waals surface area contributed by atoms with E-state index in [2.05, 4.69) is 58.1 Å². The Kier molecular flexibility index (Phi) is 4.04. The standard InChI is InChI=1S/C18H29NO/c1-13-7-8-15(16(9-13)20-6)19-14-10-17(2,3)12-18(4,5)11-14/h7-9,14,19H,10-12H2,1-6H3. The topological polar surface area (TPSA) is 21.3 Å². The fraction of sp³-hybridized carbons (Fsp3) is 0.667. The third-order valence-corrected chi connectivity index (χ3v) is 4.27. The Balaban J connectivity index is 2.17. The van der Waals surface area contributed by atoms with Crippen molar-refractivity contribution in [1.29, 1.82) is 0 Å². The number of methoxy groups -OCH3 is 1. The van der Waals surface area contributed by atoms with Gasteiger partial charge in [0.1, 0.15) is 5.75 Å². The molecule has 0 radical (unpaired) electrons. The van der Waals surface area contributed by atoms with Gasteiger partial charge >= 0.3 is 0 Å². The number of benzene rings is 1. The molecule has 0 spiro atoms. The molecule has 0 bridgehead atoms. The number of nitrogens with one attached hydrogen (secondary N) is 1. The van der Waals surface area contributed by atoms with E-state index in [4.69, 9.17) is 4.74 Å². The molecule has 1 aliphatic carbocycles. The third kappa shape index (κ3) is 3.68. The largest absolute Gasteiger partial charge is 0.495 e. The number of ether oxygens (including phenoxy) is 1. The molecular weight excluding hydrogens is 246 g/mol. The van der Waals surface area contributed by atoms with Crippen LogP contribution in [0.4, 0.5) is 5.69 Å². The first-order valence-electron chi connectivity index (χ1n) is 7.62. The van der Waals surface area contributed by atoms with E-state index in [9.17, 15) is 0 Å². The lowest BCUT2D eigenvalue weighted by molar-refractivity contribution is 0.105. The summed E-state index contributed by atoms with van der Waals surface area (Å²) >= 11 is 0. The summed E-state index contributed by atoms with van der Waals surface area (Å²) < 4.78 is 5.51. The molecule has 0 aliphatic heterocycles. The average Bonchev–Trinajstić information content (AvgIpc) is 2.27. The van der Waals surface area contributed by atoms with Gasteiger partial charge in [-0.05, 0) is 54.7 Å². The first-order chi connectivity index (χ1) is 9.21. The Morgan fingerprint density at radius 3 is 2.25 bits per heavy atom. The van der Waals surface area contributed by atoms with Crippen LogP contribution in [0.15, 0.2) is 18.2 Å². The van der Waals surface area contributed by atoms with Crippen molar-refractivity contribution >= 4 is 5.69 Å². The average molecular weight is 275 g/mol. The van der Waals surface area contributed by atoms with E-state index in [-0.39, 0.29) is 0 Å². The zero-order valence-corrected chi connectivity index (χ0v) is 13.8. The summed E-state index contributed by atoms with van der Waals surface area (Å²) in [7, 11) is 1.74. The molecule has 0 atom stereocenters. The van der Waals surface area contributed by atoms with Gasteiger partial charge in [-0.2, -0.15) is 0 Å². The van der Waals surface area contributed by atoms with Crippen LogP contribution in [0.25, 0.3) is 0 Å². The maximum atomic E-state index is 5.51. The summed E-state index contributed by atoms with van der Waals surface area (Å²) in [6, 6.07) is 6.90. The van der Waals surface area contributed by atoms with Crippen LogP contribution < -0.4 is 10.1 Å². The molecular formula is C18H29NO. The van der Waals surface area contributed by atoms with Crippen LogP contribution in [0.5, 0.6) is 5.75 Å². The molecule has 2 nitrogen and oxygen atoms in total. The lowest BCUT2D eigenvalue weighted by Crippen LogP contribution is -2.40. The molecule has 1 aromatic carbocycles. The second-order valence-corrected chi connectivity index (χ2v) is 7.96. The quantitative estimate of drug-likeness (QED) is 0.836. The van der Waals surface area contributed by atoms with Crippen LogP contribution in [0.1, 0.15) is 52.5 Å². The van der Waals surface area contributed by atoms with Crippen molar-refractivity contribution in [3.8, 4) is 5.75 Å². The first-order valence-corrected chi connectivity index (χ1v) is 7.62. The molecule has 112 valence electrons. The fourth-order valence-electron chi connectivity index (χ4n) is 4.09. The van der Waals surface area contributed by atoms with Gasteiger partial charge in [-0.3, -0.25) is 0 Å². The monoisotopic (exact) mass is 275 g/mol. The van der Waals surface area contributed by atoms with Crippen molar-refractivity contribution < 1.29 is 4.74 Å². The SMILES string of the molecule is COc1cc(C)ccc1NC1CC(C)(C)CC(C)(C)C1. The van der Waals surface area contributed by atoms with Crippen LogP contribution in [0, 0.1) is 17.8 Å². The summed E-state index contributed by atoms with van der Waals surface area (Å²) in [4.78, 5) is 0. The smallest absolute Gasteiger partial charge is 0.142 e. The minimum absolute atomic E-state index is 0.400. The number of rotatable bonds is 3. The van der Waals surface area contributed by atoms with E-state index in [0.717, 1.165) is 11.4 Å². The Bertz CT molecular complexity index is 460. The normalized spacial score (nSPS) is 21.5. The van der Waals surface area contributed by atoms with E-state index in [1.165, 1.54) is 24.8 Å². The van der Waals surface area contributed by atoms with Crippen molar-refractivity contribution in [2.45, 2.75) is 59.9 Å². The van der Waals surface area contributed by atoms with Crippen LogP contribution in [0.3, 0.4) is 0 Å². The highest BCUT2D eigenvalue weighted by Gasteiger charge is 2.38. The van der Waals surface area contributed by atoms with Crippen LogP contribution >= 0.6 is 0 Å². The van der Waals surface area contributed by atoms with Crippen LogP contribution in [-0.2, 0) is 0 Å². The molecule has 1 aliphatic rings. The maximum Gasteiger partial charge on any atom is 0.142 e. The molecule has 2 heteroatoms. The maximum absolute atomic E-state index is 5.51. The van der Waals surface area contributed by atoms with Gasteiger partial charge < -0.3 is 10.1 Å². The molecule has 1 aromatic rings. The highest BCUT2D eigenvalue weighted by molar-refractivity contribution is 5.58. The lowest BCUT2D eigenvalue weighted by Gasteiger charge is -2.45. The Labute approximate surface area is 123 Å². The van der Waals surface area contributed by atoms with E-state index >= 15 is 0 Å². The van der Waals surface area contributed by atoms with Crippen molar-refractivity contribution in [3.05, 3.63) is 23.8 Å². The molecule has 2 rings (SSSR count). The second-order valence-electron chi connectivity index (χ2n) is 7.96. The molecule has 1 fully saturated rings. The number of aryl methyl sites for hydroxylation is 1. The molecule has 1 N–H and O–H groups in total. The van der Waals surface area contributed by atoms with Gasteiger partial charge in [0.15, 0.2) is 0 Å². The van der Waals surface area contributed by atoms with Crippen molar-refractivity contribution in [2.75, 3.05) is 12.4 Å². The van der Waals surface area contributed by atoms with Crippen molar-refractivity contribution in [1.82, 2.24) is 0 Å². The molecule has 0 heterocycles. The van der Waals surface area contributed by atoms with Gasteiger partial charge in [-0.25, -0.2) is 0 Å². The predicted octanol–water partition coefficient (Wildman–Crippen LogP) is 5.02. The molecule has 0 amide bonds. The summed E-state index contributed by atoms with van der Waals surface area (Å²) in [5.74, 6) is 0.950. The van der Waals surface area contributed by atoms with E-state index in [1.807, 2.05) is 0 Å². The summed E-state index contributed by atoms with van der Waals surface area (Å²) in [5, 5.41) is 3.71. The van der Waals surface area contributed by atoms with Gasteiger partial charge in [0.05, 0.1) is 12.8 Å². The molecule has 20 heavy (non-hydrogen) atoms. The van der Waals surface area contributed by atoms with Crippen LogP contribution in [0.2, 0.25) is 0 Å². The first kappa shape index (κ1) is 15.2. The minimum Gasteiger partial charge on any atom is -0.495 e. The number of hydrogen-bond donors (Lipinski definition) is 1. The summed E-state index contributed by atoms with van der Waals surface area (Å²) in [6.07, 6.45) is 3.73. The van der Waals surface area contributed by atoms with E-state index in [1.54, 1.807) is 7.11 Å². The third-order valence-electron chi connectivity index (χ3n) is 4.27.